The van der Waals surface area contributed by atoms with Crippen molar-refractivity contribution in [3.05, 3.63) is 23.8 Å². The van der Waals surface area contributed by atoms with Gasteiger partial charge in [-0.1, -0.05) is 6.07 Å². The number of hydrogen-bond donors (Lipinski definition) is 1. The topological polar surface area (TPSA) is 39.7 Å². The highest BCUT2D eigenvalue weighted by atomic mass is 16.5. The van der Waals surface area contributed by atoms with Gasteiger partial charge in [-0.3, -0.25) is 0 Å². The zero-order chi connectivity index (χ0) is 13.1. The summed E-state index contributed by atoms with van der Waals surface area (Å²) >= 11 is 0. The minimum absolute atomic E-state index is 0.0120. The van der Waals surface area contributed by atoms with E-state index < -0.39 is 0 Å². The third kappa shape index (κ3) is 3.01. The molecule has 0 bridgehead atoms. The van der Waals surface area contributed by atoms with Crippen LogP contribution in [0, 0.1) is 0 Å². The molecule has 0 spiro atoms. The first-order valence-electron chi connectivity index (χ1n) is 6.97. The third-order valence-corrected chi connectivity index (χ3v) is 3.63. The van der Waals surface area contributed by atoms with Crippen LogP contribution in [0.5, 0.6) is 11.5 Å². The van der Waals surface area contributed by atoms with Crippen LogP contribution in [-0.2, 0) is 11.2 Å². The monoisotopic (exact) mass is 263 g/mol. The van der Waals surface area contributed by atoms with Gasteiger partial charge in [-0.2, -0.15) is 0 Å². The Hall–Kier alpha value is -1.26. The van der Waals surface area contributed by atoms with Gasteiger partial charge in [-0.05, 0) is 31.0 Å². The Balaban J connectivity index is 1.76. The minimum Gasteiger partial charge on any atom is -0.490 e. The van der Waals surface area contributed by atoms with Gasteiger partial charge in [-0.25, -0.2) is 0 Å². The number of rotatable bonds is 2. The highest BCUT2D eigenvalue weighted by Crippen LogP contribution is 2.31. The van der Waals surface area contributed by atoms with Gasteiger partial charge in [0.15, 0.2) is 11.5 Å². The van der Waals surface area contributed by atoms with E-state index in [1.54, 1.807) is 0 Å². The van der Waals surface area contributed by atoms with E-state index in [0.29, 0.717) is 0 Å². The van der Waals surface area contributed by atoms with Crippen molar-refractivity contribution >= 4 is 0 Å². The first-order valence-corrected chi connectivity index (χ1v) is 6.97. The first kappa shape index (κ1) is 12.8. The van der Waals surface area contributed by atoms with Gasteiger partial charge in [-0.15, -0.1) is 0 Å². The van der Waals surface area contributed by atoms with Crippen molar-refractivity contribution in [2.75, 3.05) is 33.0 Å². The summed E-state index contributed by atoms with van der Waals surface area (Å²) in [6, 6.07) is 6.24. The average Bonchev–Trinajstić information content (AvgIpc) is 2.64. The Labute approximate surface area is 114 Å². The molecule has 4 heteroatoms. The van der Waals surface area contributed by atoms with E-state index in [-0.39, 0.29) is 5.54 Å². The van der Waals surface area contributed by atoms with Crippen LogP contribution in [0.4, 0.5) is 0 Å². The smallest absolute Gasteiger partial charge is 0.161 e. The van der Waals surface area contributed by atoms with Crippen molar-refractivity contribution in [3.63, 3.8) is 0 Å². The second-order valence-electron chi connectivity index (χ2n) is 5.55. The highest BCUT2D eigenvalue weighted by molar-refractivity contribution is 5.43. The number of ether oxygens (including phenoxy) is 3. The maximum absolute atomic E-state index is 5.73. The van der Waals surface area contributed by atoms with Crippen molar-refractivity contribution in [2.24, 2.45) is 0 Å². The van der Waals surface area contributed by atoms with E-state index in [0.717, 1.165) is 57.3 Å². The molecule has 1 saturated heterocycles. The highest BCUT2D eigenvalue weighted by Gasteiger charge is 2.27. The first-order chi connectivity index (χ1) is 9.25. The van der Waals surface area contributed by atoms with Crippen molar-refractivity contribution in [2.45, 2.75) is 25.3 Å². The average molecular weight is 263 g/mol. The summed E-state index contributed by atoms with van der Waals surface area (Å²) < 4.78 is 17.0. The van der Waals surface area contributed by atoms with Gasteiger partial charge in [0.05, 0.1) is 26.4 Å². The lowest BCUT2D eigenvalue weighted by Crippen LogP contribution is -2.53. The molecule has 1 aromatic rings. The van der Waals surface area contributed by atoms with E-state index >= 15 is 0 Å². The predicted octanol–water partition coefficient (Wildman–Crippen LogP) is 1.77. The Bertz CT molecular complexity index is 441. The van der Waals surface area contributed by atoms with Gasteiger partial charge in [0.1, 0.15) is 0 Å². The van der Waals surface area contributed by atoms with Crippen LogP contribution in [0.25, 0.3) is 0 Å². The molecular weight excluding hydrogens is 242 g/mol. The van der Waals surface area contributed by atoms with Gasteiger partial charge >= 0.3 is 0 Å². The predicted molar refractivity (Wildman–Crippen MR) is 73.0 cm³/mol. The molecule has 2 aliphatic rings. The Kier molecular flexibility index (Phi) is 3.62. The van der Waals surface area contributed by atoms with Gasteiger partial charge in [0.25, 0.3) is 0 Å². The van der Waals surface area contributed by atoms with E-state index in [2.05, 4.69) is 24.4 Å². The maximum atomic E-state index is 5.73. The lowest BCUT2D eigenvalue weighted by molar-refractivity contribution is 0.0355. The Morgan fingerprint density at radius 1 is 1.16 bits per heavy atom. The fraction of sp³-hybridized carbons (Fsp3) is 0.600. The molecule has 3 rings (SSSR count). The van der Waals surface area contributed by atoms with E-state index in [1.807, 2.05) is 6.07 Å². The largest absolute Gasteiger partial charge is 0.490 e. The fourth-order valence-corrected chi connectivity index (χ4v) is 2.66. The maximum Gasteiger partial charge on any atom is 0.161 e. The molecule has 1 atom stereocenters. The molecule has 104 valence electrons. The molecule has 2 heterocycles. The number of hydrogen-bond acceptors (Lipinski definition) is 4. The second kappa shape index (κ2) is 5.39. The number of fused-ring (bicyclic) bond motifs is 1. The summed E-state index contributed by atoms with van der Waals surface area (Å²) in [5, 5.41) is 3.54. The molecule has 1 fully saturated rings. The SMILES string of the molecule is CC1(Cc2ccc3c(c2)OCCCO3)COCCN1. The fourth-order valence-electron chi connectivity index (χ4n) is 2.66. The molecule has 1 N–H and O–H groups in total. The van der Waals surface area contributed by atoms with Gasteiger partial charge in [0, 0.05) is 18.5 Å². The normalized spacial score (nSPS) is 26.8. The summed E-state index contributed by atoms with van der Waals surface area (Å²) in [6.45, 7) is 6.14. The van der Waals surface area contributed by atoms with Crippen molar-refractivity contribution in [3.8, 4) is 11.5 Å². The third-order valence-electron chi connectivity index (χ3n) is 3.63. The standard InChI is InChI=1S/C15H21NO3/c1-15(11-17-8-5-16-15)10-12-3-4-13-14(9-12)19-7-2-6-18-13/h3-4,9,16H,2,5-8,10-11H2,1H3. The van der Waals surface area contributed by atoms with E-state index in [9.17, 15) is 0 Å². The Morgan fingerprint density at radius 3 is 2.79 bits per heavy atom. The zero-order valence-corrected chi connectivity index (χ0v) is 11.4. The van der Waals surface area contributed by atoms with Crippen LogP contribution in [0.15, 0.2) is 18.2 Å². The van der Waals surface area contributed by atoms with Crippen LogP contribution in [0.1, 0.15) is 18.9 Å². The van der Waals surface area contributed by atoms with Crippen LogP contribution < -0.4 is 14.8 Å². The van der Waals surface area contributed by atoms with Crippen LogP contribution in [-0.4, -0.2) is 38.5 Å². The molecule has 0 aromatic heterocycles. The van der Waals surface area contributed by atoms with Crippen molar-refractivity contribution in [1.82, 2.24) is 5.32 Å². The van der Waals surface area contributed by atoms with E-state index in [4.69, 9.17) is 14.2 Å². The van der Waals surface area contributed by atoms with Gasteiger partial charge in [0.2, 0.25) is 0 Å². The summed E-state index contributed by atoms with van der Waals surface area (Å²) in [4.78, 5) is 0. The summed E-state index contributed by atoms with van der Waals surface area (Å²) in [7, 11) is 0. The van der Waals surface area contributed by atoms with Crippen molar-refractivity contribution < 1.29 is 14.2 Å². The van der Waals surface area contributed by atoms with Gasteiger partial charge < -0.3 is 19.5 Å². The molecule has 1 unspecified atom stereocenters. The quantitative estimate of drug-likeness (QED) is 0.882. The van der Waals surface area contributed by atoms with Crippen LogP contribution in [0.3, 0.4) is 0 Å². The van der Waals surface area contributed by atoms with Crippen molar-refractivity contribution in [1.29, 1.82) is 0 Å². The molecule has 19 heavy (non-hydrogen) atoms. The molecule has 0 aliphatic carbocycles. The molecule has 0 amide bonds. The summed E-state index contributed by atoms with van der Waals surface area (Å²) in [5.41, 5.74) is 1.27. The number of nitrogens with one attached hydrogen (secondary N) is 1. The summed E-state index contributed by atoms with van der Waals surface area (Å²) in [6.07, 6.45) is 1.88. The number of morpholine rings is 1. The zero-order valence-electron chi connectivity index (χ0n) is 11.4. The molecule has 4 nitrogen and oxygen atoms in total. The molecular formula is C15H21NO3. The second-order valence-corrected chi connectivity index (χ2v) is 5.55. The van der Waals surface area contributed by atoms with Crippen LogP contribution >= 0.6 is 0 Å². The lowest BCUT2D eigenvalue weighted by atomic mass is 9.92. The minimum atomic E-state index is 0.0120. The number of benzene rings is 1. The molecule has 0 saturated carbocycles. The summed E-state index contributed by atoms with van der Waals surface area (Å²) in [5.74, 6) is 1.73. The Morgan fingerprint density at radius 2 is 2.00 bits per heavy atom. The molecule has 2 aliphatic heterocycles. The lowest BCUT2D eigenvalue weighted by Gasteiger charge is -2.35. The van der Waals surface area contributed by atoms with E-state index in [1.165, 1.54) is 5.56 Å². The molecule has 0 radical (unpaired) electrons. The van der Waals surface area contributed by atoms with Crippen LogP contribution in [0.2, 0.25) is 0 Å². The molecule has 1 aromatic carbocycles.